The number of carbonyl (C=O) groups excluding carboxylic acids is 3. The molecule has 0 aromatic rings. The molecule has 390 valence electrons. The van der Waals surface area contributed by atoms with E-state index >= 15 is 0 Å². The largest absolute Gasteiger partial charge is 0.462 e. The van der Waals surface area contributed by atoms with E-state index in [0.717, 1.165) is 83.5 Å². The van der Waals surface area contributed by atoms with Crippen LogP contribution in [-0.2, 0) is 28.6 Å². The normalized spacial score (nSPS) is 12.7. The zero-order valence-electron chi connectivity index (χ0n) is 44.6. The molecule has 0 saturated carbocycles. The number of unbranched alkanes of at least 4 members (excludes halogenated alkanes) is 26. The summed E-state index contributed by atoms with van der Waals surface area (Å²) < 4.78 is 16.8. The van der Waals surface area contributed by atoms with Crippen molar-refractivity contribution in [1.29, 1.82) is 0 Å². The molecule has 0 aromatic heterocycles. The summed E-state index contributed by atoms with van der Waals surface area (Å²) in [5, 5.41) is 0. The summed E-state index contributed by atoms with van der Waals surface area (Å²) >= 11 is 0. The Bertz CT molecular complexity index is 1320. The molecule has 0 aliphatic carbocycles. The molecule has 1 unspecified atom stereocenters. The maximum absolute atomic E-state index is 12.9. The van der Waals surface area contributed by atoms with Crippen molar-refractivity contribution < 1.29 is 28.6 Å². The van der Waals surface area contributed by atoms with Crippen molar-refractivity contribution in [1.82, 2.24) is 0 Å². The van der Waals surface area contributed by atoms with Gasteiger partial charge < -0.3 is 14.2 Å². The summed E-state index contributed by atoms with van der Waals surface area (Å²) in [4.78, 5) is 38.1. The van der Waals surface area contributed by atoms with Gasteiger partial charge in [-0.2, -0.15) is 0 Å². The highest BCUT2D eigenvalue weighted by molar-refractivity contribution is 5.71. The summed E-state index contributed by atoms with van der Waals surface area (Å²) in [5.74, 6) is -0.988. The molecule has 0 aromatic carbocycles. The number of hydrogen-bond acceptors (Lipinski definition) is 6. The van der Waals surface area contributed by atoms with Gasteiger partial charge in [0.1, 0.15) is 13.2 Å². The van der Waals surface area contributed by atoms with Gasteiger partial charge in [0.2, 0.25) is 0 Å². The highest BCUT2D eigenvalue weighted by Gasteiger charge is 2.19. The maximum atomic E-state index is 12.9. The van der Waals surface area contributed by atoms with E-state index < -0.39 is 6.10 Å². The second-order valence-corrected chi connectivity index (χ2v) is 18.8. The molecule has 6 heteroatoms. The van der Waals surface area contributed by atoms with E-state index in [4.69, 9.17) is 14.2 Å². The van der Waals surface area contributed by atoms with E-state index in [2.05, 4.69) is 99.8 Å². The molecular weight excluding hydrogens is 841 g/mol. The molecule has 0 aliphatic heterocycles. The van der Waals surface area contributed by atoms with E-state index in [9.17, 15) is 14.4 Å². The summed E-state index contributed by atoms with van der Waals surface area (Å²) in [5.41, 5.74) is 0. The van der Waals surface area contributed by atoms with E-state index in [1.165, 1.54) is 141 Å². The molecule has 0 bridgehead atoms. The van der Waals surface area contributed by atoms with Gasteiger partial charge in [-0.3, -0.25) is 14.4 Å². The summed E-state index contributed by atoms with van der Waals surface area (Å²) in [6.45, 7) is 6.45. The highest BCUT2D eigenvalue weighted by Crippen LogP contribution is 2.16. The van der Waals surface area contributed by atoms with Crippen LogP contribution in [0.3, 0.4) is 0 Å². The fraction of sp³-hybridized carbons (Fsp3) is 0.726. The van der Waals surface area contributed by atoms with Crippen LogP contribution in [0.2, 0.25) is 0 Å². The summed E-state index contributed by atoms with van der Waals surface area (Å²) in [7, 11) is 0. The Balaban J connectivity index is 4.47. The maximum Gasteiger partial charge on any atom is 0.306 e. The molecule has 68 heavy (non-hydrogen) atoms. The Hall–Kier alpha value is -3.41. The van der Waals surface area contributed by atoms with Crippen molar-refractivity contribution >= 4 is 17.9 Å². The molecular formula is C62H106O6. The van der Waals surface area contributed by atoms with Gasteiger partial charge in [0.15, 0.2) is 6.10 Å². The first kappa shape index (κ1) is 64.6. The van der Waals surface area contributed by atoms with Crippen LogP contribution < -0.4 is 0 Å². The molecule has 0 rings (SSSR count). The van der Waals surface area contributed by atoms with Crippen LogP contribution in [0.25, 0.3) is 0 Å². The molecule has 1 atom stereocenters. The van der Waals surface area contributed by atoms with Crippen LogP contribution >= 0.6 is 0 Å². The minimum atomic E-state index is -0.809. The third-order valence-electron chi connectivity index (χ3n) is 12.1. The Morgan fingerprint density at radius 1 is 0.309 bits per heavy atom. The van der Waals surface area contributed by atoms with Gasteiger partial charge >= 0.3 is 17.9 Å². The lowest BCUT2D eigenvalue weighted by Crippen LogP contribution is -2.30. The van der Waals surface area contributed by atoms with Gasteiger partial charge in [0, 0.05) is 19.3 Å². The third kappa shape index (κ3) is 53.5. The Morgan fingerprint density at radius 3 is 1.01 bits per heavy atom. The van der Waals surface area contributed by atoms with Crippen molar-refractivity contribution in [2.75, 3.05) is 13.2 Å². The van der Waals surface area contributed by atoms with Crippen molar-refractivity contribution in [2.45, 2.75) is 277 Å². The van der Waals surface area contributed by atoms with Crippen LogP contribution in [0.15, 0.2) is 85.1 Å². The zero-order valence-corrected chi connectivity index (χ0v) is 44.6. The van der Waals surface area contributed by atoms with Crippen LogP contribution in [0.4, 0.5) is 0 Å². The summed E-state index contributed by atoms with van der Waals surface area (Å²) in [6, 6.07) is 0. The molecule has 0 saturated heterocycles. The van der Waals surface area contributed by atoms with Crippen molar-refractivity contribution in [2.24, 2.45) is 0 Å². The Morgan fingerprint density at radius 2 is 0.603 bits per heavy atom. The molecule has 0 fully saturated rings. The van der Waals surface area contributed by atoms with E-state index in [-0.39, 0.29) is 37.5 Å². The standard InChI is InChI=1S/C62H106O6/c1-4-7-10-13-16-19-22-25-28-31-34-37-40-43-46-49-52-55-61(64)67-58-59(57-66-60(63)54-51-48-45-42-39-36-33-30-27-24-21-18-15-12-9-6-3)68-62(65)56-53-50-47-44-41-38-35-32-29-26-23-20-17-14-11-8-5-2/h9,12,16,18-19,21,25,27-28,30,36,39,45,48,59H,4-8,10-11,13-15,17,20,22-24,26,29,31-35,37-38,40-44,46-47,49-58H2,1-3H3/b12-9-,19-16-,21-18-,28-25-,30-27-,39-36-,48-45-. The number of hydrogen-bond donors (Lipinski definition) is 0. The van der Waals surface area contributed by atoms with E-state index in [1.807, 2.05) is 6.08 Å². The van der Waals surface area contributed by atoms with Gasteiger partial charge in [-0.05, 0) is 83.5 Å². The number of allylic oxidation sites excluding steroid dienone is 14. The average Bonchev–Trinajstić information content (AvgIpc) is 3.34. The number of rotatable bonds is 51. The van der Waals surface area contributed by atoms with Gasteiger partial charge in [-0.15, -0.1) is 0 Å². The van der Waals surface area contributed by atoms with Crippen LogP contribution in [0.1, 0.15) is 271 Å². The minimum Gasteiger partial charge on any atom is -0.462 e. The number of ether oxygens (including phenoxy) is 3. The smallest absolute Gasteiger partial charge is 0.306 e. The third-order valence-corrected chi connectivity index (χ3v) is 12.1. The molecule has 0 N–H and O–H groups in total. The lowest BCUT2D eigenvalue weighted by molar-refractivity contribution is -0.166. The van der Waals surface area contributed by atoms with Gasteiger partial charge in [-0.25, -0.2) is 0 Å². The first-order valence-electron chi connectivity index (χ1n) is 28.6. The van der Waals surface area contributed by atoms with Crippen molar-refractivity contribution in [3.8, 4) is 0 Å². The quantitative estimate of drug-likeness (QED) is 0.0262. The number of carbonyl (C=O) groups is 3. The molecule has 0 spiro atoms. The predicted octanol–water partition coefficient (Wildman–Crippen LogP) is 19.2. The van der Waals surface area contributed by atoms with Gasteiger partial charge in [-0.1, -0.05) is 254 Å². The monoisotopic (exact) mass is 947 g/mol. The second-order valence-electron chi connectivity index (χ2n) is 18.8. The molecule has 0 aliphatic rings. The Kier molecular flexibility index (Phi) is 53.4. The van der Waals surface area contributed by atoms with Crippen LogP contribution in [0, 0.1) is 0 Å². The SMILES string of the molecule is CC/C=C\C/C=C\C/C=C\C/C=C\C/C=C\CCC(=O)OCC(COC(=O)CCCCCCCCC/C=C\C/C=C\CCCCC)OC(=O)CCCCCCCCCCCCCCCCCCC. The molecule has 0 amide bonds. The molecule has 0 radical (unpaired) electrons. The first-order valence-corrected chi connectivity index (χ1v) is 28.6. The zero-order chi connectivity index (χ0) is 49.3. The van der Waals surface area contributed by atoms with E-state index in [0.29, 0.717) is 19.3 Å². The highest BCUT2D eigenvalue weighted by atomic mass is 16.6. The fourth-order valence-electron chi connectivity index (χ4n) is 7.88. The van der Waals surface area contributed by atoms with Gasteiger partial charge in [0.05, 0.1) is 0 Å². The fourth-order valence-corrected chi connectivity index (χ4v) is 7.88. The second kappa shape index (κ2) is 56.2. The topological polar surface area (TPSA) is 78.9 Å². The van der Waals surface area contributed by atoms with Gasteiger partial charge in [0.25, 0.3) is 0 Å². The minimum absolute atomic E-state index is 0.102. The lowest BCUT2D eigenvalue weighted by Gasteiger charge is -2.18. The first-order chi connectivity index (χ1) is 33.5. The predicted molar refractivity (Wildman–Crippen MR) is 293 cm³/mol. The van der Waals surface area contributed by atoms with Crippen molar-refractivity contribution in [3.05, 3.63) is 85.1 Å². The molecule has 0 heterocycles. The average molecular weight is 948 g/mol. The van der Waals surface area contributed by atoms with Crippen LogP contribution in [-0.4, -0.2) is 37.2 Å². The van der Waals surface area contributed by atoms with Crippen LogP contribution in [0.5, 0.6) is 0 Å². The number of esters is 3. The summed E-state index contributed by atoms with van der Waals surface area (Å²) in [6.07, 6.45) is 73.0. The van der Waals surface area contributed by atoms with E-state index in [1.54, 1.807) is 0 Å². The lowest BCUT2D eigenvalue weighted by atomic mass is 10.0. The van der Waals surface area contributed by atoms with Crippen molar-refractivity contribution in [3.63, 3.8) is 0 Å². The Labute approximate surface area is 420 Å². The molecule has 6 nitrogen and oxygen atoms in total.